The molecule has 6 heteroatoms. The average Bonchev–Trinajstić information content (AvgIpc) is 2.48. The Hall–Kier alpha value is -2.21. The molecule has 0 aliphatic heterocycles. The number of nitrogens with two attached hydrogens (primary N) is 1. The van der Waals surface area contributed by atoms with Gasteiger partial charge >= 0.3 is 6.18 Å². The van der Waals surface area contributed by atoms with Crippen LogP contribution in [0.5, 0.6) is 5.75 Å². The fourth-order valence-electron chi connectivity index (χ4n) is 1.95. The third kappa shape index (κ3) is 3.92. The van der Waals surface area contributed by atoms with Crippen LogP contribution in [0.25, 0.3) is 11.1 Å². The molecule has 0 bridgehead atoms. The zero-order chi connectivity index (χ0) is 16.2. The summed E-state index contributed by atoms with van der Waals surface area (Å²) in [7, 11) is 1.57. The monoisotopic (exact) mass is 311 g/mol. The van der Waals surface area contributed by atoms with Crippen LogP contribution in [0, 0.1) is 0 Å². The van der Waals surface area contributed by atoms with Gasteiger partial charge in [0.1, 0.15) is 12.4 Å². The summed E-state index contributed by atoms with van der Waals surface area (Å²) in [5.41, 5.74) is 7.02. The number of hydrogen-bond donors (Lipinski definition) is 1. The van der Waals surface area contributed by atoms with E-state index < -0.39 is 11.7 Å². The van der Waals surface area contributed by atoms with Gasteiger partial charge in [-0.3, -0.25) is 0 Å². The van der Waals surface area contributed by atoms with Gasteiger partial charge in [-0.15, -0.1) is 0 Å². The van der Waals surface area contributed by atoms with Crippen molar-refractivity contribution in [2.45, 2.75) is 6.18 Å². The van der Waals surface area contributed by atoms with Crippen molar-refractivity contribution in [2.24, 2.45) is 0 Å². The summed E-state index contributed by atoms with van der Waals surface area (Å²) in [6.07, 6.45) is -4.34. The highest BCUT2D eigenvalue weighted by Gasteiger charge is 2.29. The zero-order valence-corrected chi connectivity index (χ0v) is 12.0. The molecule has 0 atom stereocenters. The molecule has 2 aromatic rings. The van der Waals surface area contributed by atoms with Crippen LogP contribution in [0.3, 0.4) is 0 Å². The number of halogens is 3. The Kier molecular flexibility index (Phi) is 4.92. The second kappa shape index (κ2) is 6.70. The quantitative estimate of drug-likeness (QED) is 0.671. The predicted molar refractivity (Wildman–Crippen MR) is 78.7 cm³/mol. The molecular weight excluding hydrogens is 295 g/mol. The third-order valence-corrected chi connectivity index (χ3v) is 3.10. The fraction of sp³-hybridized carbons (Fsp3) is 0.250. The molecule has 2 N–H and O–H groups in total. The fourth-order valence-corrected chi connectivity index (χ4v) is 1.95. The molecule has 0 amide bonds. The summed E-state index contributed by atoms with van der Waals surface area (Å²) in [6, 6.07) is 10.1. The second-order valence-corrected chi connectivity index (χ2v) is 4.67. The maximum Gasteiger partial charge on any atom is 0.416 e. The van der Waals surface area contributed by atoms with Gasteiger partial charge in [0.2, 0.25) is 0 Å². The molecule has 0 aliphatic carbocycles. The van der Waals surface area contributed by atoms with E-state index in [-0.39, 0.29) is 0 Å². The van der Waals surface area contributed by atoms with Gasteiger partial charge in [0.25, 0.3) is 0 Å². The lowest BCUT2D eigenvalue weighted by Crippen LogP contribution is -2.06. The smallest absolute Gasteiger partial charge is 0.416 e. The maximum absolute atomic E-state index is 12.5. The lowest BCUT2D eigenvalue weighted by atomic mass is 10.0. The largest absolute Gasteiger partial charge is 0.489 e. The minimum Gasteiger partial charge on any atom is -0.489 e. The van der Waals surface area contributed by atoms with Gasteiger partial charge in [0.05, 0.1) is 17.9 Å². The van der Waals surface area contributed by atoms with Gasteiger partial charge in [-0.2, -0.15) is 13.2 Å². The summed E-state index contributed by atoms with van der Waals surface area (Å²) in [5, 5.41) is 0. The Morgan fingerprint density at radius 1 is 0.955 bits per heavy atom. The normalized spacial score (nSPS) is 11.5. The lowest BCUT2D eigenvalue weighted by Gasteiger charge is -2.11. The predicted octanol–water partition coefficient (Wildman–Crippen LogP) is 3.98. The van der Waals surface area contributed by atoms with Crippen LogP contribution >= 0.6 is 0 Å². The van der Waals surface area contributed by atoms with Gasteiger partial charge in [-0.25, -0.2) is 0 Å². The molecule has 118 valence electrons. The summed E-state index contributed by atoms with van der Waals surface area (Å²) in [5.74, 6) is 0.521. The molecule has 0 heterocycles. The first-order valence-electron chi connectivity index (χ1n) is 6.60. The molecule has 22 heavy (non-hydrogen) atoms. The molecule has 0 fully saturated rings. The molecule has 0 aromatic heterocycles. The highest BCUT2D eigenvalue weighted by atomic mass is 19.4. The second-order valence-electron chi connectivity index (χ2n) is 4.67. The molecule has 0 aliphatic rings. The third-order valence-electron chi connectivity index (χ3n) is 3.10. The van der Waals surface area contributed by atoms with Crippen molar-refractivity contribution >= 4 is 5.69 Å². The van der Waals surface area contributed by atoms with E-state index in [0.29, 0.717) is 30.2 Å². The first-order chi connectivity index (χ1) is 10.4. The number of methoxy groups -OCH3 is 1. The molecule has 0 radical (unpaired) electrons. The van der Waals surface area contributed by atoms with E-state index in [2.05, 4.69) is 0 Å². The van der Waals surface area contributed by atoms with Crippen molar-refractivity contribution < 1.29 is 22.6 Å². The van der Waals surface area contributed by atoms with Gasteiger partial charge < -0.3 is 15.2 Å². The summed E-state index contributed by atoms with van der Waals surface area (Å²) in [4.78, 5) is 0. The molecule has 0 spiro atoms. The SMILES string of the molecule is COCCOc1ccc(-c2ccc(C(F)(F)F)cc2)cc1N. The Bertz CT molecular complexity index is 624. The number of alkyl halides is 3. The first-order valence-corrected chi connectivity index (χ1v) is 6.60. The van der Waals surface area contributed by atoms with E-state index in [1.165, 1.54) is 12.1 Å². The van der Waals surface area contributed by atoms with E-state index in [1.54, 1.807) is 25.3 Å². The number of hydrogen-bond acceptors (Lipinski definition) is 3. The summed E-state index contributed by atoms with van der Waals surface area (Å²) < 4.78 is 47.9. The number of nitrogen functional groups attached to an aromatic ring is 1. The number of anilines is 1. The number of ether oxygens (including phenoxy) is 2. The van der Waals surface area contributed by atoms with E-state index in [0.717, 1.165) is 17.7 Å². The molecule has 0 unspecified atom stereocenters. The molecule has 0 saturated carbocycles. The highest BCUT2D eigenvalue weighted by Crippen LogP contribution is 2.32. The number of rotatable bonds is 5. The van der Waals surface area contributed by atoms with E-state index in [4.69, 9.17) is 15.2 Å². The van der Waals surface area contributed by atoms with Crippen molar-refractivity contribution in [1.29, 1.82) is 0 Å². The minimum atomic E-state index is -4.34. The maximum atomic E-state index is 12.5. The summed E-state index contributed by atoms with van der Waals surface area (Å²) >= 11 is 0. The van der Waals surface area contributed by atoms with Crippen LogP contribution in [0.4, 0.5) is 18.9 Å². The first kappa shape index (κ1) is 16.2. The summed E-state index contributed by atoms with van der Waals surface area (Å²) in [6.45, 7) is 0.820. The molecular formula is C16H16F3NO2. The van der Waals surface area contributed by atoms with E-state index in [1.807, 2.05) is 0 Å². The van der Waals surface area contributed by atoms with Gasteiger partial charge in [-0.05, 0) is 35.4 Å². The minimum absolute atomic E-state index is 0.375. The van der Waals surface area contributed by atoms with Crippen LogP contribution < -0.4 is 10.5 Å². The Balaban J connectivity index is 2.17. The molecule has 3 nitrogen and oxygen atoms in total. The standard InChI is InChI=1S/C16H16F3NO2/c1-21-8-9-22-15-7-4-12(10-14(15)20)11-2-5-13(6-3-11)16(17,18)19/h2-7,10H,8-9,20H2,1H3. The number of benzene rings is 2. The lowest BCUT2D eigenvalue weighted by molar-refractivity contribution is -0.137. The van der Waals surface area contributed by atoms with Crippen molar-refractivity contribution in [3.05, 3.63) is 48.0 Å². The molecule has 2 aromatic carbocycles. The average molecular weight is 311 g/mol. The van der Waals surface area contributed by atoms with Crippen LogP contribution in [0.1, 0.15) is 5.56 Å². The Labute approximate surface area is 126 Å². The molecule has 0 saturated heterocycles. The van der Waals surface area contributed by atoms with Crippen molar-refractivity contribution in [3.63, 3.8) is 0 Å². The highest BCUT2D eigenvalue weighted by molar-refractivity contribution is 5.70. The van der Waals surface area contributed by atoms with Crippen LogP contribution in [0.2, 0.25) is 0 Å². The Morgan fingerprint density at radius 3 is 2.14 bits per heavy atom. The zero-order valence-electron chi connectivity index (χ0n) is 12.0. The van der Waals surface area contributed by atoms with Gasteiger partial charge in [0.15, 0.2) is 0 Å². The van der Waals surface area contributed by atoms with Crippen LogP contribution in [-0.4, -0.2) is 20.3 Å². The van der Waals surface area contributed by atoms with Gasteiger partial charge in [0, 0.05) is 7.11 Å². The van der Waals surface area contributed by atoms with E-state index >= 15 is 0 Å². The van der Waals surface area contributed by atoms with Crippen LogP contribution in [-0.2, 0) is 10.9 Å². The Morgan fingerprint density at radius 2 is 1.59 bits per heavy atom. The van der Waals surface area contributed by atoms with Gasteiger partial charge in [-0.1, -0.05) is 18.2 Å². The van der Waals surface area contributed by atoms with E-state index in [9.17, 15) is 13.2 Å². The topological polar surface area (TPSA) is 44.5 Å². The van der Waals surface area contributed by atoms with Crippen molar-refractivity contribution in [1.82, 2.24) is 0 Å². The van der Waals surface area contributed by atoms with Crippen molar-refractivity contribution in [2.75, 3.05) is 26.1 Å². The van der Waals surface area contributed by atoms with Crippen molar-refractivity contribution in [3.8, 4) is 16.9 Å². The van der Waals surface area contributed by atoms with Crippen LogP contribution in [0.15, 0.2) is 42.5 Å². The molecule has 2 rings (SSSR count).